The van der Waals surface area contributed by atoms with Crippen LogP contribution in [-0.4, -0.2) is 12.2 Å². The SMILES string of the molecule is O=C([O-])c1ccc(N/N=C\c2c(F)cccc2Cl)cc1. The first-order valence-electron chi connectivity index (χ1n) is 5.62. The molecule has 0 heterocycles. The summed E-state index contributed by atoms with van der Waals surface area (Å²) in [5.41, 5.74) is 3.44. The Labute approximate surface area is 119 Å². The first kappa shape index (κ1) is 14.0. The van der Waals surface area contributed by atoms with E-state index in [0.717, 1.165) is 0 Å². The Hall–Kier alpha value is -2.40. The predicted octanol–water partition coefficient (Wildman–Crippen LogP) is 2.29. The minimum Gasteiger partial charge on any atom is -0.545 e. The van der Waals surface area contributed by atoms with Crippen LogP contribution in [0, 0.1) is 5.82 Å². The molecule has 6 heteroatoms. The van der Waals surface area contributed by atoms with E-state index in [1.54, 1.807) is 6.07 Å². The highest BCUT2D eigenvalue weighted by Crippen LogP contribution is 2.17. The van der Waals surface area contributed by atoms with Gasteiger partial charge in [0.25, 0.3) is 0 Å². The molecule has 1 N–H and O–H groups in total. The topological polar surface area (TPSA) is 64.5 Å². The first-order valence-corrected chi connectivity index (χ1v) is 6.00. The van der Waals surface area contributed by atoms with E-state index < -0.39 is 11.8 Å². The van der Waals surface area contributed by atoms with Crippen LogP contribution in [0.15, 0.2) is 47.6 Å². The average Bonchev–Trinajstić information content (AvgIpc) is 2.42. The van der Waals surface area contributed by atoms with E-state index in [2.05, 4.69) is 10.5 Å². The lowest BCUT2D eigenvalue weighted by molar-refractivity contribution is -0.255. The zero-order valence-electron chi connectivity index (χ0n) is 10.1. The van der Waals surface area contributed by atoms with Crippen LogP contribution < -0.4 is 10.5 Å². The fraction of sp³-hybridized carbons (Fsp3) is 0. The number of carboxylic acid groups (broad SMARTS) is 1. The standard InChI is InChI=1S/C14H10ClFN2O2/c15-12-2-1-3-13(16)11(12)8-17-18-10-6-4-9(5-7-10)14(19)20/h1-8,18H,(H,19,20)/p-1/b17-8-. The van der Waals surface area contributed by atoms with Gasteiger partial charge in [-0.15, -0.1) is 0 Å². The molecule has 0 aliphatic carbocycles. The maximum absolute atomic E-state index is 13.4. The molecule has 0 spiro atoms. The van der Waals surface area contributed by atoms with Gasteiger partial charge in [-0.2, -0.15) is 5.10 Å². The van der Waals surface area contributed by atoms with Gasteiger partial charge in [0.2, 0.25) is 0 Å². The van der Waals surface area contributed by atoms with Gasteiger partial charge in [0.05, 0.1) is 22.9 Å². The number of rotatable bonds is 4. The number of hydrogen-bond acceptors (Lipinski definition) is 4. The summed E-state index contributed by atoms with van der Waals surface area (Å²) >= 11 is 5.84. The zero-order chi connectivity index (χ0) is 14.5. The van der Waals surface area contributed by atoms with E-state index in [4.69, 9.17) is 11.6 Å². The summed E-state index contributed by atoms with van der Waals surface area (Å²) in [5, 5.41) is 14.7. The lowest BCUT2D eigenvalue weighted by Gasteiger charge is -2.04. The second-order valence-electron chi connectivity index (χ2n) is 3.87. The van der Waals surface area contributed by atoms with Crippen LogP contribution in [0.2, 0.25) is 5.02 Å². The number of nitrogens with zero attached hydrogens (tertiary/aromatic N) is 1. The Morgan fingerprint density at radius 1 is 1.25 bits per heavy atom. The van der Waals surface area contributed by atoms with E-state index in [1.165, 1.54) is 42.6 Å². The highest BCUT2D eigenvalue weighted by atomic mass is 35.5. The van der Waals surface area contributed by atoms with E-state index >= 15 is 0 Å². The number of hydrogen-bond donors (Lipinski definition) is 1. The van der Waals surface area contributed by atoms with Gasteiger partial charge < -0.3 is 9.90 Å². The van der Waals surface area contributed by atoms with Gasteiger partial charge in [-0.05, 0) is 29.8 Å². The molecule has 0 saturated carbocycles. The van der Waals surface area contributed by atoms with Crippen molar-refractivity contribution in [3.63, 3.8) is 0 Å². The number of benzene rings is 2. The number of nitrogens with one attached hydrogen (secondary N) is 1. The maximum atomic E-state index is 13.4. The van der Waals surface area contributed by atoms with Crippen molar-refractivity contribution < 1.29 is 14.3 Å². The highest BCUT2D eigenvalue weighted by Gasteiger charge is 2.03. The smallest absolute Gasteiger partial charge is 0.133 e. The van der Waals surface area contributed by atoms with Crippen molar-refractivity contribution in [3.05, 3.63) is 64.4 Å². The Morgan fingerprint density at radius 3 is 2.55 bits per heavy atom. The molecule has 0 aliphatic heterocycles. The molecule has 20 heavy (non-hydrogen) atoms. The van der Waals surface area contributed by atoms with Crippen molar-refractivity contribution in [2.75, 3.05) is 5.43 Å². The molecular weight excluding hydrogens is 283 g/mol. The van der Waals surface area contributed by atoms with Crippen LogP contribution in [0.5, 0.6) is 0 Å². The third-order valence-electron chi connectivity index (χ3n) is 2.51. The molecule has 0 bridgehead atoms. The fourth-order valence-corrected chi connectivity index (χ4v) is 1.70. The van der Waals surface area contributed by atoms with Gasteiger partial charge in [0.1, 0.15) is 5.82 Å². The van der Waals surface area contributed by atoms with Crippen LogP contribution >= 0.6 is 11.6 Å². The Kier molecular flexibility index (Phi) is 4.32. The lowest BCUT2D eigenvalue weighted by Crippen LogP contribution is -2.21. The summed E-state index contributed by atoms with van der Waals surface area (Å²) in [6.07, 6.45) is 1.25. The summed E-state index contributed by atoms with van der Waals surface area (Å²) < 4.78 is 13.4. The number of hydrazone groups is 1. The van der Waals surface area contributed by atoms with Crippen LogP contribution in [0.25, 0.3) is 0 Å². The fourth-order valence-electron chi connectivity index (χ4n) is 1.49. The number of carbonyl (C=O) groups is 1. The minimum atomic E-state index is -1.25. The van der Waals surface area contributed by atoms with Gasteiger partial charge in [-0.25, -0.2) is 4.39 Å². The molecule has 0 amide bonds. The van der Waals surface area contributed by atoms with Gasteiger partial charge >= 0.3 is 0 Å². The summed E-state index contributed by atoms with van der Waals surface area (Å²) in [5.74, 6) is -1.73. The van der Waals surface area contributed by atoms with Crippen LogP contribution in [0.3, 0.4) is 0 Å². The van der Waals surface area contributed by atoms with Crippen molar-refractivity contribution in [1.29, 1.82) is 0 Å². The predicted molar refractivity (Wildman–Crippen MR) is 73.4 cm³/mol. The molecule has 2 aromatic carbocycles. The number of carboxylic acids is 1. The Bertz CT molecular complexity index is 636. The second kappa shape index (κ2) is 6.16. The van der Waals surface area contributed by atoms with Crippen molar-refractivity contribution in [2.45, 2.75) is 0 Å². The lowest BCUT2D eigenvalue weighted by atomic mass is 10.2. The highest BCUT2D eigenvalue weighted by molar-refractivity contribution is 6.33. The largest absolute Gasteiger partial charge is 0.545 e. The molecule has 0 atom stereocenters. The first-order chi connectivity index (χ1) is 9.58. The summed E-state index contributed by atoms with van der Waals surface area (Å²) in [4.78, 5) is 10.6. The molecule has 0 aliphatic rings. The molecule has 0 radical (unpaired) electrons. The minimum absolute atomic E-state index is 0.0664. The molecule has 4 nitrogen and oxygen atoms in total. The molecule has 0 unspecified atom stereocenters. The van der Waals surface area contributed by atoms with Crippen molar-refractivity contribution in [2.24, 2.45) is 5.10 Å². The zero-order valence-corrected chi connectivity index (χ0v) is 10.9. The van der Waals surface area contributed by atoms with Crippen molar-refractivity contribution >= 4 is 29.5 Å². The number of aromatic carboxylic acids is 1. The van der Waals surface area contributed by atoms with Gasteiger partial charge in [0, 0.05) is 5.56 Å². The average molecular weight is 292 g/mol. The quantitative estimate of drug-likeness (QED) is 0.694. The third kappa shape index (κ3) is 3.33. The van der Waals surface area contributed by atoms with Crippen molar-refractivity contribution in [1.82, 2.24) is 0 Å². The van der Waals surface area contributed by atoms with Crippen LogP contribution in [-0.2, 0) is 0 Å². The van der Waals surface area contributed by atoms with E-state index in [0.29, 0.717) is 5.69 Å². The van der Waals surface area contributed by atoms with E-state index in [-0.39, 0.29) is 16.1 Å². The van der Waals surface area contributed by atoms with E-state index in [1.807, 2.05) is 0 Å². The van der Waals surface area contributed by atoms with Crippen LogP contribution in [0.4, 0.5) is 10.1 Å². The molecule has 0 saturated heterocycles. The Balaban J connectivity index is 2.08. The summed E-state index contributed by atoms with van der Waals surface area (Å²) in [6, 6.07) is 10.1. The molecule has 2 aromatic rings. The van der Waals surface area contributed by atoms with Gasteiger partial charge in [0.15, 0.2) is 0 Å². The Morgan fingerprint density at radius 2 is 1.95 bits per heavy atom. The molecule has 102 valence electrons. The molecule has 0 aromatic heterocycles. The molecular formula is C14H9ClFN2O2-. The maximum Gasteiger partial charge on any atom is 0.133 e. The van der Waals surface area contributed by atoms with Gasteiger partial charge in [-0.3, -0.25) is 5.43 Å². The number of anilines is 1. The summed E-state index contributed by atoms with van der Waals surface area (Å²) in [6.45, 7) is 0. The second-order valence-corrected chi connectivity index (χ2v) is 4.28. The number of halogens is 2. The van der Waals surface area contributed by atoms with Gasteiger partial charge in [-0.1, -0.05) is 29.8 Å². The summed E-state index contributed by atoms with van der Waals surface area (Å²) in [7, 11) is 0. The molecule has 2 rings (SSSR count). The third-order valence-corrected chi connectivity index (χ3v) is 2.84. The molecule has 0 fully saturated rings. The van der Waals surface area contributed by atoms with Crippen molar-refractivity contribution in [3.8, 4) is 0 Å². The number of carbonyl (C=O) groups excluding carboxylic acids is 1. The van der Waals surface area contributed by atoms with Crippen LogP contribution in [0.1, 0.15) is 15.9 Å². The monoisotopic (exact) mass is 291 g/mol. The normalized spacial score (nSPS) is 10.7. The van der Waals surface area contributed by atoms with E-state index in [9.17, 15) is 14.3 Å².